The van der Waals surface area contributed by atoms with Gasteiger partial charge in [-0.3, -0.25) is 0 Å². The summed E-state index contributed by atoms with van der Waals surface area (Å²) in [6, 6.07) is 6.71. The van der Waals surface area contributed by atoms with Gasteiger partial charge >= 0.3 is 0 Å². The van der Waals surface area contributed by atoms with E-state index >= 15 is 0 Å². The van der Waals surface area contributed by atoms with Gasteiger partial charge in [0.1, 0.15) is 23.4 Å². The number of hydrogen-bond acceptors (Lipinski definition) is 4. The molecule has 0 aliphatic rings. The van der Waals surface area contributed by atoms with Crippen molar-refractivity contribution >= 4 is 11.5 Å². The van der Waals surface area contributed by atoms with Crippen LogP contribution in [0.2, 0.25) is 0 Å². The standard InChI is InChI=1S/C12H8F2N4/c1-7-16-9(6-15)5-12(17-7)18-8-2-3-10(13)11(14)4-8/h2-5H,1H3,(H,16,17,18). The molecule has 0 amide bonds. The molecule has 0 saturated heterocycles. The number of nitrogens with zero attached hydrogens (tertiary/aromatic N) is 3. The zero-order valence-corrected chi connectivity index (χ0v) is 9.41. The van der Waals surface area contributed by atoms with Gasteiger partial charge in [-0.2, -0.15) is 5.26 Å². The lowest BCUT2D eigenvalue weighted by molar-refractivity contribution is 0.509. The second-order valence-corrected chi connectivity index (χ2v) is 3.55. The highest BCUT2D eigenvalue weighted by atomic mass is 19.2. The highest BCUT2D eigenvalue weighted by molar-refractivity contribution is 5.57. The first-order valence-electron chi connectivity index (χ1n) is 5.06. The fraction of sp³-hybridized carbons (Fsp3) is 0.0833. The van der Waals surface area contributed by atoms with Crippen LogP contribution in [0.3, 0.4) is 0 Å². The molecule has 0 aliphatic heterocycles. The molecule has 0 bridgehead atoms. The lowest BCUT2D eigenvalue weighted by atomic mass is 10.3. The number of aryl methyl sites for hydroxylation is 1. The van der Waals surface area contributed by atoms with E-state index < -0.39 is 11.6 Å². The fourth-order valence-corrected chi connectivity index (χ4v) is 1.41. The molecule has 0 fully saturated rings. The van der Waals surface area contributed by atoms with Crippen LogP contribution >= 0.6 is 0 Å². The van der Waals surface area contributed by atoms with Gasteiger partial charge in [-0.15, -0.1) is 0 Å². The van der Waals surface area contributed by atoms with Crippen molar-refractivity contribution in [2.75, 3.05) is 5.32 Å². The quantitative estimate of drug-likeness (QED) is 0.884. The van der Waals surface area contributed by atoms with Crippen molar-refractivity contribution in [1.29, 1.82) is 5.26 Å². The maximum atomic E-state index is 13.0. The summed E-state index contributed by atoms with van der Waals surface area (Å²) in [5.74, 6) is -1.10. The molecule has 90 valence electrons. The third-order valence-electron chi connectivity index (χ3n) is 2.14. The van der Waals surface area contributed by atoms with Crippen molar-refractivity contribution in [2.24, 2.45) is 0 Å². The molecule has 1 aromatic heterocycles. The lowest BCUT2D eigenvalue weighted by Gasteiger charge is -2.06. The molecule has 0 unspecified atom stereocenters. The van der Waals surface area contributed by atoms with Crippen LogP contribution in [0.1, 0.15) is 11.5 Å². The third-order valence-corrected chi connectivity index (χ3v) is 2.14. The number of nitriles is 1. The van der Waals surface area contributed by atoms with Crippen molar-refractivity contribution in [1.82, 2.24) is 9.97 Å². The SMILES string of the molecule is Cc1nc(C#N)cc(Nc2ccc(F)c(F)c2)n1. The first-order chi connectivity index (χ1) is 8.58. The number of aromatic nitrogens is 2. The second kappa shape index (κ2) is 4.75. The Morgan fingerprint density at radius 2 is 1.94 bits per heavy atom. The predicted molar refractivity (Wildman–Crippen MR) is 61.1 cm³/mol. The van der Waals surface area contributed by atoms with Crippen LogP contribution in [0, 0.1) is 29.9 Å². The Labute approximate surface area is 102 Å². The minimum atomic E-state index is -0.953. The first kappa shape index (κ1) is 11.9. The second-order valence-electron chi connectivity index (χ2n) is 3.55. The van der Waals surface area contributed by atoms with Gasteiger partial charge < -0.3 is 5.32 Å². The molecule has 1 aromatic carbocycles. The Bertz CT molecular complexity index is 634. The van der Waals surface area contributed by atoms with E-state index in [0.717, 1.165) is 12.1 Å². The van der Waals surface area contributed by atoms with Crippen molar-refractivity contribution in [3.63, 3.8) is 0 Å². The molecule has 18 heavy (non-hydrogen) atoms. The van der Waals surface area contributed by atoms with Crippen molar-refractivity contribution in [2.45, 2.75) is 6.92 Å². The zero-order chi connectivity index (χ0) is 13.1. The summed E-state index contributed by atoms with van der Waals surface area (Å²) in [6.07, 6.45) is 0. The molecule has 1 heterocycles. The van der Waals surface area contributed by atoms with Crippen LogP contribution in [0.5, 0.6) is 0 Å². The number of rotatable bonds is 2. The molecule has 1 N–H and O–H groups in total. The van der Waals surface area contributed by atoms with E-state index in [1.807, 2.05) is 6.07 Å². The van der Waals surface area contributed by atoms with Gasteiger partial charge in [-0.05, 0) is 19.1 Å². The molecule has 0 aliphatic carbocycles. The first-order valence-corrected chi connectivity index (χ1v) is 5.06. The smallest absolute Gasteiger partial charge is 0.160 e. The van der Waals surface area contributed by atoms with E-state index in [4.69, 9.17) is 5.26 Å². The van der Waals surface area contributed by atoms with Gasteiger partial charge in [0, 0.05) is 17.8 Å². The monoisotopic (exact) mass is 246 g/mol. The zero-order valence-electron chi connectivity index (χ0n) is 9.41. The molecule has 0 saturated carbocycles. The van der Waals surface area contributed by atoms with Crippen LogP contribution in [-0.4, -0.2) is 9.97 Å². The van der Waals surface area contributed by atoms with Crippen LogP contribution in [0.15, 0.2) is 24.3 Å². The summed E-state index contributed by atoms with van der Waals surface area (Å²) in [6.45, 7) is 1.64. The molecular weight excluding hydrogens is 238 g/mol. The molecule has 2 aromatic rings. The Hall–Kier alpha value is -2.55. The molecule has 4 nitrogen and oxygen atoms in total. The minimum absolute atomic E-state index is 0.201. The summed E-state index contributed by atoms with van der Waals surface area (Å²) < 4.78 is 25.8. The Morgan fingerprint density at radius 1 is 1.17 bits per heavy atom. The van der Waals surface area contributed by atoms with Crippen molar-refractivity contribution < 1.29 is 8.78 Å². The number of benzene rings is 1. The van der Waals surface area contributed by atoms with Crippen LogP contribution in [0.4, 0.5) is 20.3 Å². The number of nitrogens with one attached hydrogen (secondary N) is 1. The van der Waals surface area contributed by atoms with Gasteiger partial charge in [-0.1, -0.05) is 0 Å². The highest BCUT2D eigenvalue weighted by Crippen LogP contribution is 2.18. The van der Waals surface area contributed by atoms with E-state index in [-0.39, 0.29) is 5.69 Å². The van der Waals surface area contributed by atoms with E-state index in [2.05, 4.69) is 15.3 Å². The van der Waals surface area contributed by atoms with Crippen LogP contribution < -0.4 is 5.32 Å². The molecular formula is C12H8F2N4. The minimum Gasteiger partial charge on any atom is -0.340 e. The van der Waals surface area contributed by atoms with Gasteiger partial charge in [0.15, 0.2) is 11.6 Å². The van der Waals surface area contributed by atoms with Gasteiger partial charge in [-0.25, -0.2) is 18.7 Å². The maximum Gasteiger partial charge on any atom is 0.160 e. The van der Waals surface area contributed by atoms with Gasteiger partial charge in [0.05, 0.1) is 0 Å². The Balaban J connectivity index is 2.31. The summed E-state index contributed by atoms with van der Waals surface area (Å²) in [5.41, 5.74) is 0.545. The van der Waals surface area contributed by atoms with E-state index in [1.165, 1.54) is 12.1 Å². The summed E-state index contributed by atoms with van der Waals surface area (Å²) >= 11 is 0. The fourth-order valence-electron chi connectivity index (χ4n) is 1.41. The third kappa shape index (κ3) is 2.58. The Morgan fingerprint density at radius 3 is 2.61 bits per heavy atom. The molecule has 2 rings (SSSR count). The highest BCUT2D eigenvalue weighted by Gasteiger charge is 2.05. The number of halogens is 2. The summed E-state index contributed by atoms with van der Waals surface area (Å²) in [5, 5.41) is 11.5. The normalized spacial score (nSPS) is 9.89. The Kier molecular flexibility index (Phi) is 3.15. The van der Waals surface area contributed by atoms with Gasteiger partial charge in [0.25, 0.3) is 0 Å². The van der Waals surface area contributed by atoms with E-state index in [9.17, 15) is 8.78 Å². The lowest BCUT2D eigenvalue weighted by Crippen LogP contribution is -1.99. The predicted octanol–water partition coefficient (Wildman–Crippen LogP) is 2.68. The van der Waals surface area contributed by atoms with Crippen molar-refractivity contribution in [3.05, 3.63) is 47.4 Å². The molecule has 0 atom stereocenters. The number of anilines is 2. The van der Waals surface area contributed by atoms with Crippen LogP contribution in [0.25, 0.3) is 0 Å². The van der Waals surface area contributed by atoms with Crippen LogP contribution in [-0.2, 0) is 0 Å². The number of hydrogen-bond donors (Lipinski definition) is 1. The van der Waals surface area contributed by atoms with E-state index in [1.54, 1.807) is 6.92 Å². The summed E-state index contributed by atoms with van der Waals surface area (Å²) in [4.78, 5) is 7.92. The molecule has 6 heteroatoms. The van der Waals surface area contributed by atoms with Crippen molar-refractivity contribution in [3.8, 4) is 6.07 Å². The average Bonchev–Trinajstić information content (AvgIpc) is 2.33. The molecule has 0 radical (unpaired) electrons. The maximum absolute atomic E-state index is 13.0. The van der Waals surface area contributed by atoms with Gasteiger partial charge in [0.2, 0.25) is 0 Å². The average molecular weight is 246 g/mol. The summed E-state index contributed by atoms with van der Waals surface area (Å²) in [7, 11) is 0. The largest absolute Gasteiger partial charge is 0.340 e. The topological polar surface area (TPSA) is 61.6 Å². The van der Waals surface area contributed by atoms with E-state index in [0.29, 0.717) is 17.3 Å². The molecule has 0 spiro atoms.